The van der Waals surface area contributed by atoms with E-state index in [1.54, 1.807) is 7.05 Å². The number of thiocarbonyl (C=S) groups is 1. The van der Waals surface area contributed by atoms with Gasteiger partial charge in [0.15, 0.2) is 0 Å². The highest BCUT2D eigenvalue weighted by Gasteiger charge is 1.87. The second-order valence-electron chi connectivity index (χ2n) is 1.41. The van der Waals surface area contributed by atoms with E-state index in [9.17, 15) is 0 Å². The first-order valence-electron chi connectivity index (χ1n) is 2.78. The van der Waals surface area contributed by atoms with Crippen LogP contribution in [0.15, 0.2) is 4.99 Å². The number of hydrazine groups is 1. The minimum absolute atomic E-state index is 0.854. The van der Waals surface area contributed by atoms with Gasteiger partial charge in [0.05, 0.1) is 5.49 Å². The highest BCUT2D eigenvalue weighted by molar-refractivity contribution is 7.78. The molecule has 0 spiro atoms. The van der Waals surface area contributed by atoms with E-state index in [1.807, 2.05) is 6.92 Å². The van der Waals surface area contributed by atoms with Crippen molar-refractivity contribution in [2.75, 3.05) is 7.05 Å². The lowest BCUT2D eigenvalue weighted by Gasteiger charge is -2.02. The third-order valence-corrected chi connectivity index (χ3v) is 0.918. The van der Waals surface area contributed by atoms with Crippen LogP contribution in [0.3, 0.4) is 0 Å². The SMILES string of the molecule is CCC(=NC=S)NNC. The van der Waals surface area contributed by atoms with Gasteiger partial charge >= 0.3 is 0 Å². The first-order chi connectivity index (χ1) is 4.35. The van der Waals surface area contributed by atoms with Crippen molar-refractivity contribution in [3.05, 3.63) is 0 Å². The second-order valence-corrected chi connectivity index (χ2v) is 1.62. The van der Waals surface area contributed by atoms with E-state index in [1.165, 1.54) is 5.49 Å². The molecule has 0 aromatic carbocycles. The van der Waals surface area contributed by atoms with Crippen molar-refractivity contribution < 1.29 is 0 Å². The van der Waals surface area contributed by atoms with Gasteiger partial charge in [0.2, 0.25) is 0 Å². The Morgan fingerprint density at radius 2 is 2.44 bits per heavy atom. The molecule has 0 fully saturated rings. The van der Waals surface area contributed by atoms with Crippen LogP contribution in [0.5, 0.6) is 0 Å². The lowest BCUT2D eigenvalue weighted by atomic mass is 10.4. The first-order valence-corrected chi connectivity index (χ1v) is 3.25. The maximum Gasteiger partial charge on any atom is 0.116 e. The molecule has 0 unspecified atom stereocenters. The molecule has 3 nitrogen and oxygen atoms in total. The van der Waals surface area contributed by atoms with Gasteiger partial charge in [-0.1, -0.05) is 19.1 Å². The molecule has 9 heavy (non-hydrogen) atoms. The minimum Gasteiger partial charge on any atom is -0.310 e. The van der Waals surface area contributed by atoms with Gasteiger partial charge in [-0.05, 0) is 0 Å². The Labute approximate surface area is 60.5 Å². The molecule has 0 aliphatic heterocycles. The second kappa shape index (κ2) is 5.65. The zero-order valence-corrected chi connectivity index (χ0v) is 6.46. The van der Waals surface area contributed by atoms with Crippen molar-refractivity contribution in [2.24, 2.45) is 4.99 Å². The summed E-state index contributed by atoms with van der Waals surface area (Å²) in [5, 5.41) is 0. The zero-order valence-electron chi connectivity index (χ0n) is 5.64. The van der Waals surface area contributed by atoms with E-state index in [0.29, 0.717) is 0 Å². The summed E-state index contributed by atoms with van der Waals surface area (Å²) in [5.74, 6) is 0.854. The monoisotopic (exact) mass is 145 g/mol. The van der Waals surface area contributed by atoms with Crippen LogP contribution >= 0.6 is 12.2 Å². The topological polar surface area (TPSA) is 36.4 Å². The summed E-state index contributed by atoms with van der Waals surface area (Å²) in [6, 6.07) is 0. The molecule has 0 bridgehead atoms. The largest absolute Gasteiger partial charge is 0.310 e. The molecule has 52 valence electrons. The van der Waals surface area contributed by atoms with Crippen LogP contribution in [0.4, 0.5) is 0 Å². The summed E-state index contributed by atoms with van der Waals surface area (Å²) in [6.07, 6.45) is 0.855. The lowest BCUT2D eigenvalue weighted by molar-refractivity contribution is 0.756. The van der Waals surface area contributed by atoms with Crippen LogP contribution in [-0.4, -0.2) is 18.4 Å². The Morgan fingerprint density at radius 1 is 1.78 bits per heavy atom. The zero-order chi connectivity index (χ0) is 7.11. The molecule has 2 N–H and O–H groups in total. The fraction of sp³-hybridized carbons (Fsp3) is 0.600. The Hall–Kier alpha value is -0.480. The Bertz CT molecular complexity index is 111. The summed E-state index contributed by atoms with van der Waals surface area (Å²) >= 11 is 4.53. The summed E-state index contributed by atoms with van der Waals surface area (Å²) < 4.78 is 0. The molecule has 0 saturated carbocycles. The van der Waals surface area contributed by atoms with E-state index in [2.05, 4.69) is 28.1 Å². The maximum absolute atomic E-state index is 4.53. The Kier molecular flexibility index (Phi) is 5.35. The van der Waals surface area contributed by atoms with Gasteiger partial charge in [-0.25, -0.2) is 10.4 Å². The van der Waals surface area contributed by atoms with Gasteiger partial charge in [-0.3, -0.25) is 0 Å². The van der Waals surface area contributed by atoms with Crippen molar-refractivity contribution >= 4 is 23.5 Å². The fourth-order valence-electron chi connectivity index (χ4n) is 0.420. The summed E-state index contributed by atoms with van der Waals surface area (Å²) in [5.41, 5.74) is 6.94. The van der Waals surface area contributed by atoms with Gasteiger partial charge in [0, 0.05) is 13.5 Å². The quantitative estimate of drug-likeness (QED) is 0.262. The number of rotatable bonds is 3. The molecule has 0 aromatic heterocycles. The van der Waals surface area contributed by atoms with Gasteiger partial charge in [0.1, 0.15) is 5.84 Å². The molecule has 0 rings (SSSR count). The first kappa shape index (κ1) is 8.52. The van der Waals surface area contributed by atoms with Crippen LogP contribution in [0.1, 0.15) is 13.3 Å². The number of amidine groups is 1. The molecular weight excluding hydrogens is 134 g/mol. The van der Waals surface area contributed by atoms with Crippen molar-refractivity contribution in [1.82, 2.24) is 10.9 Å². The standard InChI is InChI=1S/C5H11N3S/c1-3-5(7-4-9)8-6-2/h4,6H,3H2,1-2H3,(H,7,8,9). The normalized spacial score (nSPS) is 11.1. The number of nitrogens with one attached hydrogen (secondary N) is 2. The predicted octanol–water partition coefficient (Wildman–Crippen LogP) is 0.476. The molecular formula is C5H11N3S. The Morgan fingerprint density at radius 3 is 2.78 bits per heavy atom. The number of aliphatic imine (C=N–C) groups is 1. The molecule has 0 aliphatic rings. The van der Waals surface area contributed by atoms with E-state index in [4.69, 9.17) is 0 Å². The molecule has 0 heterocycles. The van der Waals surface area contributed by atoms with Crippen LogP contribution in [0, 0.1) is 0 Å². The van der Waals surface area contributed by atoms with Crippen molar-refractivity contribution in [3.8, 4) is 0 Å². The lowest BCUT2D eigenvalue weighted by Crippen LogP contribution is -2.33. The average Bonchev–Trinajstić information content (AvgIpc) is 1.88. The number of nitrogens with zero attached hydrogens (tertiary/aromatic N) is 1. The van der Waals surface area contributed by atoms with E-state index < -0.39 is 0 Å². The van der Waals surface area contributed by atoms with Crippen molar-refractivity contribution in [3.63, 3.8) is 0 Å². The van der Waals surface area contributed by atoms with Gasteiger partial charge in [0.25, 0.3) is 0 Å². The molecule has 0 radical (unpaired) electrons. The highest BCUT2D eigenvalue weighted by Crippen LogP contribution is 1.76. The van der Waals surface area contributed by atoms with Crippen LogP contribution in [0.25, 0.3) is 0 Å². The van der Waals surface area contributed by atoms with E-state index in [0.717, 1.165) is 12.3 Å². The van der Waals surface area contributed by atoms with Crippen LogP contribution in [0.2, 0.25) is 0 Å². The average molecular weight is 145 g/mol. The third kappa shape index (κ3) is 4.05. The van der Waals surface area contributed by atoms with Crippen molar-refractivity contribution in [1.29, 1.82) is 0 Å². The van der Waals surface area contributed by atoms with Crippen LogP contribution < -0.4 is 10.9 Å². The number of hydrogen-bond acceptors (Lipinski definition) is 2. The molecule has 0 amide bonds. The third-order valence-electron chi connectivity index (χ3n) is 0.813. The minimum atomic E-state index is 0.854. The molecule has 0 atom stereocenters. The maximum atomic E-state index is 4.53. The van der Waals surface area contributed by atoms with Crippen LogP contribution in [-0.2, 0) is 0 Å². The number of hydrogen-bond donors (Lipinski definition) is 2. The van der Waals surface area contributed by atoms with Gasteiger partial charge in [-0.15, -0.1) is 0 Å². The molecule has 0 aliphatic carbocycles. The summed E-state index contributed by atoms with van der Waals surface area (Å²) in [4.78, 5) is 3.87. The van der Waals surface area contributed by atoms with Crippen molar-refractivity contribution in [2.45, 2.75) is 13.3 Å². The van der Waals surface area contributed by atoms with E-state index in [-0.39, 0.29) is 0 Å². The molecule has 4 heteroatoms. The smallest absolute Gasteiger partial charge is 0.116 e. The van der Waals surface area contributed by atoms with E-state index >= 15 is 0 Å². The highest BCUT2D eigenvalue weighted by atomic mass is 32.1. The fourth-order valence-corrected chi connectivity index (χ4v) is 0.547. The van der Waals surface area contributed by atoms with Gasteiger partial charge in [-0.2, -0.15) is 0 Å². The molecule has 0 saturated heterocycles. The van der Waals surface area contributed by atoms with Gasteiger partial charge < -0.3 is 5.43 Å². The summed E-state index contributed by atoms with van der Waals surface area (Å²) in [6.45, 7) is 2.00. The molecule has 0 aromatic rings. The Balaban J connectivity index is 3.66. The summed E-state index contributed by atoms with van der Waals surface area (Å²) in [7, 11) is 1.79. The predicted molar refractivity (Wildman–Crippen MR) is 43.6 cm³/mol.